The monoisotopic (exact) mass is 506 g/mol. The molecule has 2 fully saturated rings. The van der Waals surface area contributed by atoms with Crippen LogP contribution >= 0.6 is 11.6 Å². The summed E-state index contributed by atoms with van der Waals surface area (Å²) in [6.45, 7) is 6.81. The van der Waals surface area contributed by atoms with Crippen LogP contribution in [0.5, 0.6) is 5.75 Å². The zero-order valence-corrected chi connectivity index (χ0v) is 21.7. The van der Waals surface area contributed by atoms with Gasteiger partial charge in [0.25, 0.3) is 0 Å². The Balaban J connectivity index is 1.44. The highest BCUT2D eigenvalue weighted by atomic mass is 35.5. The maximum absolute atomic E-state index is 14.2. The zero-order chi connectivity index (χ0) is 24.6. The van der Waals surface area contributed by atoms with Gasteiger partial charge in [0, 0.05) is 55.1 Å². The van der Waals surface area contributed by atoms with Crippen LogP contribution in [0, 0.1) is 5.92 Å². The molecule has 7 heteroatoms. The normalized spacial score (nSPS) is 24.2. The van der Waals surface area contributed by atoms with E-state index in [1.165, 1.54) is 0 Å². The number of halogens is 1. The topological polar surface area (TPSA) is 49.7 Å². The number of hydrogen-bond donors (Lipinski definition) is 1. The van der Waals surface area contributed by atoms with E-state index in [-0.39, 0.29) is 17.9 Å². The smallest absolute Gasteiger partial charge is 0.182 e. The van der Waals surface area contributed by atoms with E-state index in [1.54, 1.807) is 0 Å². The predicted molar refractivity (Wildman–Crippen MR) is 144 cm³/mol. The summed E-state index contributed by atoms with van der Waals surface area (Å²) in [7, 11) is 2.15. The molecule has 2 atom stereocenters. The van der Waals surface area contributed by atoms with Crippen molar-refractivity contribution in [2.75, 3.05) is 46.3 Å². The predicted octanol–water partition coefficient (Wildman–Crippen LogP) is 4.62. The number of aromatic nitrogens is 1. The Labute approximate surface area is 218 Å². The fraction of sp³-hybridized carbons (Fsp3) is 0.483. The van der Waals surface area contributed by atoms with Gasteiger partial charge in [-0.2, -0.15) is 0 Å². The molecular weight excluding hydrogens is 472 g/mol. The van der Waals surface area contributed by atoms with Crippen molar-refractivity contribution in [3.63, 3.8) is 0 Å². The van der Waals surface area contributed by atoms with Crippen molar-refractivity contribution in [3.05, 3.63) is 64.8 Å². The summed E-state index contributed by atoms with van der Waals surface area (Å²) in [6, 6.07) is 15.9. The maximum Gasteiger partial charge on any atom is 0.182 e. The molecular formula is C29H35ClN4O2. The molecule has 6 nitrogen and oxygen atoms in total. The largest absolute Gasteiger partial charge is 0.484 e. The van der Waals surface area contributed by atoms with Crippen LogP contribution in [0.4, 0.5) is 0 Å². The third kappa shape index (κ3) is 4.56. The maximum atomic E-state index is 14.2. The molecule has 1 N–H and O–H groups in total. The van der Waals surface area contributed by atoms with Gasteiger partial charge in [-0.05, 0) is 69.2 Å². The van der Waals surface area contributed by atoms with Gasteiger partial charge >= 0.3 is 0 Å². The number of piperazine rings is 1. The van der Waals surface area contributed by atoms with Gasteiger partial charge in [-0.15, -0.1) is 0 Å². The molecule has 0 spiro atoms. The summed E-state index contributed by atoms with van der Waals surface area (Å²) in [5, 5.41) is 5.24. The molecule has 190 valence electrons. The number of ether oxygens (including phenoxy) is 1. The molecule has 0 radical (unpaired) electrons. The molecule has 3 aromatic rings. The van der Waals surface area contributed by atoms with Gasteiger partial charge in [0.05, 0.1) is 17.3 Å². The number of para-hydroxylation sites is 1. The Morgan fingerprint density at radius 3 is 2.47 bits per heavy atom. The Kier molecular flexibility index (Phi) is 6.78. The summed E-state index contributed by atoms with van der Waals surface area (Å²) in [5.41, 5.74) is 3.08. The number of carbonyl (C=O) groups excluding carboxylic acids is 1. The number of Topliss-reactive ketones (excluding diaryl/α,β-unsaturated/α-hetero) is 1. The lowest BCUT2D eigenvalue weighted by molar-refractivity contribution is 0.0499. The van der Waals surface area contributed by atoms with Crippen molar-refractivity contribution >= 4 is 28.3 Å². The highest BCUT2D eigenvalue weighted by Crippen LogP contribution is 2.42. The van der Waals surface area contributed by atoms with Crippen molar-refractivity contribution < 1.29 is 9.53 Å². The van der Waals surface area contributed by atoms with Crippen molar-refractivity contribution in [2.24, 2.45) is 5.92 Å². The second-order valence-electron chi connectivity index (χ2n) is 10.6. The van der Waals surface area contributed by atoms with E-state index >= 15 is 0 Å². The number of rotatable bonds is 5. The number of hydrogen-bond acceptors (Lipinski definition) is 5. The van der Waals surface area contributed by atoms with Crippen LogP contribution in [0.25, 0.3) is 10.9 Å². The molecule has 0 saturated carbocycles. The molecule has 1 aliphatic carbocycles. The lowest BCUT2D eigenvalue weighted by Gasteiger charge is -2.41. The molecule has 2 aromatic carbocycles. The Hall–Kier alpha value is -2.38. The van der Waals surface area contributed by atoms with Gasteiger partial charge < -0.3 is 19.5 Å². The SMILES string of the molecule is CN1CCN([C@H]2C[C@@H](Oc3ccc(Cl)cc3)c3c(c4ccccc4n3CC3CCNCC3)C2=O)CC1. The van der Waals surface area contributed by atoms with Crippen molar-refractivity contribution in [1.82, 2.24) is 19.7 Å². The van der Waals surface area contributed by atoms with Crippen molar-refractivity contribution in [3.8, 4) is 5.75 Å². The van der Waals surface area contributed by atoms with Gasteiger partial charge in [-0.1, -0.05) is 29.8 Å². The fourth-order valence-corrected chi connectivity index (χ4v) is 6.38. The molecule has 0 unspecified atom stereocenters. The third-order valence-electron chi connectivity index (χ3n) is 8.27. The first kappa shape index (κ1) is 24.0. The number of fused-ring (bicyclic) bond motifs is 3. The van der Waals surface area contributed by atoms with Gasteiger partial charge in [0.1, 0.15) is 11.9 Å². The van der Waals surface area contributed by atoms with Crippen LogP contribution in [-0.4, -0.2) is 72.5 Å². The van der Waals surface area contributed by atoms with E-state index in [0.29, 0.717) is 17.4 Å². The minimum absolute atomic E-state index is 0.165. The molecule has 0 amide bonds. The number of carbonyl (C=O) groups is 1. The summed E-state index contributed by atoms with van der Waals surface area (Å²) in [4.78, 5) is 18.9. The lowest BCUT2D eigenvalue weighted by atomic mass is 9.86. The third-order valence-corrected chi connectivity index (χ3v) is 8.52. The average molecular weight is 507 g/mol. The van der Waals surface area contributed by atoms with Crippen LogP contribution in [0.1, 0.15) is 41.4 Å². The van der Waals surface area contributed by atoms with E-state index < -0.39 is 0 Å². The second-order valence-corrected chi connectivity index (χ2v) is 11.0. The van der Waals surface area contributed by atoms with Gasteiger partial charge in [0.15, 0.2) is 5.78 Å². The molecule has 2 saturated heterocycles. The zero-order valence-electron chi connectivity index (χ0n) is 21.0. The quantitative estimate of drug-likeness (QED) is 0.547. The average Bonchev–Trinajstić information content (AvgIpc) is 3.23. The summed E-state index contributed by atoms with van der Waals surface area (Å²) in [5.74, 6) is 1.64. The Morgan fingerprint density at radius 2 is 1.72 bits per heavy atom. The van der Waals surface area contributed by atoms with Crippen LogP contribution in [-0.2, 0) is 6.54 Å². The van der Waals surface area contributed by atoms with Crippen LogP contribution in [0.3, 0.4) is 0 Å². The highest BCUT2D eigenvalue weighted by molar-refractivity contribution is 6.30. The van der Waals surface area contributed by atoms with E-state index in [0.717, 1.165) is 86.6 Å². The minimum Gasteiger partial charge on any atom is -0.484 e. The van der Waals surface area contributed by atoms with Crippen LogP contribution in [0.15, 0.2) is 48.5 Å². The standard InChI is InChI=1S/C29H35ClN4O2/c1-32-14-16-33(17-15-32)25-18-26(36-22-8-6-21(30)7-9-22)28-27(29(25)35)23-4-2-3-5-24(23)34(28)19-20-10-12-31-13-11-20/h2-9,20,25-26,31H,10-19H2,1H3/t25-,26+/m0/s1. The van der Waals surface area contributed by atoms with E-state index in [9.17, 15) is 4.79 Å². The molecule has 0 bridgehead atoms. The molecule has 2 aliphatic heterocycles. The number of nitrogens with one attached hydrogen (secondary N) is 1. The number of nitrogens with zero attached hydrogens (tertiary/aromatic N) is 3. The van der Waals surface area contributed by atoms with Crippen molar-refractivity contribution in [2.45, 2.75) is 38.0 Å². The number of ketones is 1. The van der Waals surface area contributed by atoms with Crippen LogP contribution < -0.4 is 10.1 Å². The van der Waals surface area contributed by atoms with E-state index in [2.05, 4.69) is 51.0 Å². The first-order valence-corrected chi connectivity index (χ1v) is 13.7. The van der Waals surface area contributed by atoms with Gasteiger partial charge in [0.2, 0.25) is 0 Å². The highest BCUT2D eigenvalue weighted by Gasteiger charge is 2.42. The summed E-state index contributed by atoms with van der Waals surface area (Å²) >= 11 is 6.16. The van der Waals surface area contributed by atoms with Crippen molar-refractivity contribution in [1.29, 1.82) is 0 Å². The number of benzene rings is 2. The molecule has 3 heterocycles. The van der Waals surface area contributed by atoms with Crippen LogP contribution in [0.2, 0.25) is 5.02 Å². The second kappa shape index (κ2) is 10.2. The summed E-state index contributed by atoms with van der Waals surface area (Å²) in [6.07, 6.45) is 2.78. The lowest BCUT2D eigenvalue weighted by Crippen LogP contribution is -2.53. The first-order chi connectivity index (χ1) is 17.6. The number of piperidine rings is 1. The first-order valence-electron chi connectivity index (χ1n) is 13.3. The van der Waals surface area contributed by atoms with E-state index in [4.69, 9.17) is 16.3 Å². The fourth-order valence-electron chi connectivity index (χ4n) is 6.25. The number of likely N-dealkylation sites (N-methyl/N-ethyl adjacent to an activating group) is 1. The molecule has 6 rings (SSSR count). The Bertz CT molecular complexity index is 1230. The van der Waals surface area contributed by atoms with Gasteiger partial charge in [-0.25, -0.2) is 0 Å². The molecule has 36 heavy (non-hydrogen) atoms. The molecule has 3 aliphatic rings. The summed E-state index contributed by atoms with van der Waals surface area (Å²) < 4.78 is 9.12. The van der Waals surface area contributed by atoms with E-state index in [1.807, 2.05) is 24.3 Å². The Morgan fingerprint density at radius 1 is 1.00 bits per heavy atom. The minimum atomic E-state index is -0.197. The molecule has 1 aromatic heterocycles. The van der Waals surface area contributed by atoms with Gasteiger partial charge in [-0.3, -0.25) is 9.69 Å².